The highest BCUT2D eigenvalue weighted by atomic mass is 79.9. The van der Waals surface area contributed by atoms with Gasteiger partial charge in [0.1, 0.15) is 5.75 Å². The van der Waals surface area contributed by atoms with Crippen LogP contribution in [0.5, 0.6) is 5.75 Å². The zero-order chi connectivity index (χ0) is 15.6. The maximum absolute atomic E-state index is 12.3. The minimum Gasteiger partial charge on any atom is -0.495 e. The first-order chi connectivity index (χ1) is 9.83. The number of methoxy groups -OCH3 is 1. The van der Waals surface area contributed by atoms with Gasteiger partial charge in [0.05, 0.1) is 23.4 Å². The number of anilines is 2. The molecule has 0 atom stereocenters. The highest BCUT2D eigenvalue weighted by Gasteiger charge is 2.17. The molecule has 21 heavy (non-hydrogen) atoms. The smallest absolute Gasteiger partial charge is 0.262 e. The van der Waals surface area contributed by atoms with Crippen molar-refractivity contribution in [3.8, 4) is 5.75 Å². The Balaban J connectivity index is 2.38. The third-order valence-electron chi connectivity index (χ3n) is 2.68. The summed E-state index contributed by atoms with van der Waals surface area (Å²) in [6, 6.07) is 9.06. The summed E-state index contributed by atoms with van der Waals surface area (Å²) in [6.07, 6.45) is 0. The Kier molecular flexibility index (Phi) is 4.65. The standard InChI is InChI=1S/C13H12BrClN2O3S/c1-20-13-5-3-9(7-11(13)16)21(18,19)17-12-6-8(15)2-4-10(12)14/h2-7,17H,16H2,1H3. The molecule has 0 heterocycles. The molecule has 0 fully saturated rings. The van der Waals surface area contributed by atoms with Crippen LogP contribution in [0.25, 0.3) is 0 Å². The van der Waals surface area contributed by atoms with Gasteiger partial charge in [-0.1, -0.05) is 11.6 Å². The van der Waals surface area contributed by atoms with Crippen LogP contribution < -0.4 is 15.2 Å². The Hall–Kier alpha value is -1.44. The molecule has 2 aromatic carbocycles. The minimum atomic E-state index is -3.77. The van der Waals surface area contributed by atoms with Crippen molar-refractivity contribution < 1.29 is 13.2 Å². The van der Waals surface area contributed by atoms with Gasteiger partial charge in [0, 0.05) is 9.50 Å². The van der Waals surface area contributed by atoms with E-state index in [1.807, 2.05) is 0 Å². The predicted octanol–water partition coefficient (Wildman–Crippen LogP) is 3.49. The van der Waals surface area contributed by atoms with E-state index in [0.29, 0.717) is 20.9 Å². The first-order valence-electron chi connectivity index (χ1n) is 5.75. The molecule has 0 amide bonds. The molecule has 0 aliphatic rings. The molecule has 112 valence electrons. The number of rotatable bonds is 4. The van der Waals surface area contributed by atoms with Gasteiger partial charge in [-0.2, -0.15) is 0 Å². The van der Waals surface area contributed by atoms with Crippen molar-refractivity contribution in [2.24, 2.45) is 0 Å². The summed E-state index contributed by atoms with van der Waals surface area (Å²) in [4.78, 5) is 0.0349. The second kappa shape index (κ2) is 6.13. The number of hydrogen-bond donors (Lipinski definition) is 2. The molecule has 2 rings (SSSR count). The number of sulfonamides is 1. The number of benzene rings is 2. The Morgan fingerprint density at radius 1 is 1.24 bits per heavy atom. The van der Waals surface area contributed by atoms with Gasteiger partial charge >= 0.3 is 0 Å². The molecular weight excluding hydrogens is 380 g/mol. The Labute approximate surface area is 136 Å². The number of nitrogen functional groups attached to an aromatic ring is 1. The van der Waals surface area contributed by atoms with E-state index in [2.05, 4.69) is 20.7 Å². The number of hydrogen-bond acceptors (Lipinski definition) is 4. The quantitative estimate of drug-likeness (QED) is 0.782. The normalized spacial score (nSPS) is 11.2. The molecule has 5 nitrogen and oxygen atoms in total. The molecule has 0 saturated heterocycles. The highest BCUT2D eigenvalue weighted by molar-refractivity contribution is 9.10. The van der Waals surface area contributed by atoms with Crippen molar-refractivity contribution in [3.63, 3.8) is 0 Å². The molecular formula is C13H12BrClN2O3S. The van der Waals surface area contributed by atoms with E-state index in [0.717, 1.165) is 0 Å². The van der Waals surface area contributed by atoms with E-state index in [-0.39, 0.29) is 10.6 Å². The van der Waals surface area contributed by atoms with Gasteiger partial charge in [0.2, 0.25) is 0 Å². The van der Waals surface area contributed by atoms with Crippen LogP contribution in [0.4, 0.5) is 11.4 Å². The molecule has 2 aromatic rings. The molecule has 0 bridgehead atoms. The lowest BCUT2D eigenvalue weighted by Gasteiger charge is -2.11. The van der Waals surface area contributed by atoms with Gasteiger partial charge in [-0.25, -0.2) is 8.42 Å². The third-order valence-corrected chi connectivity index (χ3v) is 4.97. The Morgan fingerprint density at radius 2 is 1.95 bits per heavy atom. The summed E-state index contributed by atoms with van der Waals surface area (Å²) in [5.74, 6) is 0.415. The van der Waals surface area contributed by atoms with Crippen LogP contribution in [-0.2, 0) is 10.0 Å². The summed E-state index contributed by atoms with van der Waals surface area (Å²) >= 11 is 9.13. The van der Waals surface area contributed by atoms with E-state index in [9.17, 15) is 8.42 Å². The van der Waals surface area contributed by atoms with Crippen LogP contribution >= 0.6 is 27.5 Å². The third kappa shape index (κ3) is 3.61. The molecule has 0 radical (unpaired) electrons. The Bertz CT molecular complexity index is 781. The lowest BCUT2D eigenvalue weighted by Crippen LogP contribution is -2.13. The van der Waals surface area contributed by atoms with Crippen LogP contribution in [-0.4, -0.2) is 15.5 Å². The van der Waals surface area contributed by atoms with E-state index >= 15 is 0 Å². The zero-order valence-corrected chi connectivity index (χ0v) is 14.1. The molecule has 8 heteroatoms. The number of nitrogens with two attached hydrogens (primary N) is 1. The van der Waals surface area contributed by atoms with Crippen molar-refractivity contribution in [3.05, 3.63) is 45.9 Å². The molecule has 0 spiro atoms. The van der Waals surface area contributed by atoms with Crippen molar-refractivity contribution in [1.82, 2.24) is 0 Å². The van der Waals surface area contributed by atoms with Gasteiger partial charge < -0.3 is 10.5 Å². The topological polar surface area (TPSA) is 81.4 Å². The van der Waals surface area contributed by atoms with Crippen molar-refractivity contribution in [1.29, 1.82) is 0 Å². The van der Waals surface area contributed by atoms with Crippen LogP contribution in [0.2, 0.25) is 5.02 Å². The first-order valence-corrected chi connectivity index (χ1v) is 8.40. The second-order valence-electron chi connectivity index (χ2n) is 4.13. The SMILES string of the molecule is COc1ccc(S(=O)(=O)Nc2cc(Cl)ccc2Br)cc1N. The van der Waals surface area contributed by atoms with Gasteiger partial charge in [-0.05, 0) is 52.3 Å². The molecule has 0 unspecified atom stereocenters. The average Bonchev–Trinajstić information content (AvgIpc) is 2.42. The van der Waals surface area contributed by atoms with Crippen LogP contribution in [0.15, 0.2) is 45.8 Å². The van der Waals surface area contributed by atoms with Crippen LogP contribution in [0, 0.1) is 0 Å². The molecule has 3 N–H and O–H groups in total. The predicted molar refractivity (Wildman–Crippen MR) is 87.4 cm³/mol. The first kappa shape index (κ1) is 15.9. The highest BCUT2D eigenvalue weighted by Crippen LogP contribution is 2.30. The van der Waals surface area contributed by atoms with Crippen molar-refractivity contribution >= 4 is 48.9 Å². The van der Waals surface area contributed by atoms with Crippen molar-refractivity contribution in [2.45, 2.75) is 4.90 Å². The average molecular weight is 392 g/mol. The van der Waals surface area contributed by atoms with E-state index in [1.165, 1.54) is 31.4 Å². The Morgan fingerprint density at radius 3 is 2.57 bits per heavy atom. The van der Waals surface area contributed by atoms with Crippen molar-refractivity contribution in [2.75, 3.05) is 17.6 Å². The fraction of sp³-hybridized carbons (Fsp3) is 0.0769. The van der Waals surface area contributed by atoms with E-state index < -0.39 is 10.0 Å². The summed E-state index contributed by atoms with van der Waals surface area (Å²) < 4.78 is 32.7. The fourth-order valence-corrected chi connectivity index (χ4v) is 3.41. The maximum Gasteiger partial charge on any atom is 0.262 e. The molecule has 0 aliphatic carbocycles. The van der Waals surface area contributed by atoms with Crippen LogP contribution in [0.3, 0.4) is 0 Å². The van der Waals surface area contributed by atoms with E-state index in [1.54, 1.807) is 12.1 Å². The summed E-state index contributed by atoms with van der Waals surface area (Å²) in [7, 11) is -2.31. The minimum absolute atomic E-state index is 0.0349. The number of nitrogens with one attached hydrogen (secondary N) is 1. The molecule has 0 aromatic heterocycles. The lowest BCUT2D eigenvalue weighted by molar-refractivity contribution is 0.416. The lowest BCUT2D eigenvalue weighted by atomic mass is 10.3. The number of halogens is 2. The molecule has 0 aliphatic heterocycles. The maximum atomic E-state index is 12.3. The van der Waals surface area contributed by atoms with Crippen LogP contribution in [0.1, 0.15) is 0 Å². The van der Waals surface area contributed by atoms with Gasteiger partial charge in [0.25, 0.3) is 10.0 Å². The fourth-order valence-electron chi connectivity index (χ4n) is 1.66. The number of ether oxygens (including phenoxy) is 1. The summed E-state index contributed by atoms with van der Waals surface area (Å²) in [5.41, 5.74) is 6.31. The summed E-state index contributed by atoms with van der Waals surface area (Å²) in [6.45, 7) is 0. The second-order valence-corrected chi connectivity index (χ2v) is 7.11. The van der Waals surface area contributed by atoms with Gasteiger partial charge in [-0.15, -0.1) is 0 Å². The summed E-state index contributed by atoms with van der Waals surface area (Å²) in [5, 5.41) is 0.421. The zero-order valence-electron chi connectivity index (χ0n) is 10.9. The van der Waals surface area contributed by atoms with Gasteiger partial charge in [-0.3, -0.25) is 4.72 Å². The monoisotopic (exact) mass is 390 g/mol. The van der Waals surface area contributed by atoms with Gasteiger partial charge in [0.15, 0.2) is 0 Å². The molecule has 0 saturated carbocycles. The van der Waals surface area contributed by atoms with E-state index in [4.69, 9.17) is 22.1 Å². The largest absolute Gasteiger partial charge is 0.495 e.